The summed E-state index contributed by atoms with van der Waals surface area (Å²) in [6.45, 7) is 3.57. The van der Waals surface area contributed by atoms with E-state index < -0.39 is 11.6 Å². The van der Waals surface area contributed by atoms with Gasteiger partial charge < -0.3 is 20.0 Å². The minimum atomic E-state index is -1.12. The Morgan fingerprint density at radius 2 is 2.10 bits per heavy atom. The molecule has 0 aliphatic carbocycles. The van der Waals surface area contributed by atoms with E-state index in [1.54, 1.807) is 16.7 Å². The third-order valence-electron chi connectivity index (χ3n) is 3.96. The quantitative estimate of drug-likeness (QED) is 0.754. The first kappa shape index (κ1) is 13.8. The number of aromatic carboxylic acids is 1. The Bertz CT molecular complexity index is 578. The zero-order valence-corrected chi connectivity index (χ0v) is 11.6. The summed E-state index contributed by atoms with van der Waals surface area (Å²) in [5.41, 5.74) is -0.905. The van der Waals surface area contributed by atoms with Gasteiger partial charge in [0.2, 0.25) is 0 Å². The fraction of sp³-hybridized carbons (Fsp3) is 0.667. The highest BCUT2D eigenvalue weighted by Crippen LogP contribution is 2.26. The Labute approximate surface area is 120 Å². The van der Waals surface area contributed by atoms with Gasteiger partial charge in [0.05, 0.1) is 24.4 Å². The molecule has 9 heteroatoms. The standard InChI is InChI=1S/C12H17N5O4/c1-12(21)2-3-15(7-12)11(20)16-4-8(5-16)17-6-9(10(18)19)13-14-17/h6,8,21H,2-5,7H2,1H3,(H,18,19). The molecule has 3 rings (SSSR count). The van der Waals surface area contributed by atoms with Crippen molar-refractivity contribution in [3.05, 3.63) is 11.9 Å². The zero-order valence-electron chi connectivity index (χ0n) is 11.6. The molecule has 1 aromatic rings. The van der Waals surface area contributed by atoms with E-state index in [4.69, 9.17) is 5.11 Å². The predicted octanol–water partition coefficient (Wildman–Crippen LogP) is -0.590. The third-order valence-corrected chi connectivity index (χ3v) is 3.96. The van der Waals surface area contributed by atoms with Gasteiger partial charge >= 0.3 is 12.0 Å². The first-order valence-corrected chi connectivity index (χ1v) is 6.77. The van der Waals surface area contributed by atoms with Crippen molar-refractivity contribution in [3.8, 4) is 0 Å². The summed E-state index contributed by atoms with van der Waals surface area (Å²) in [6, 6.07) is -0.139. The number of hydrogen-bond acceptors (Lipinski definition) is 5. The minimum absolute atomic E-state index is 0.0438. The van der Waals surface area contributed by atoms with Crippen molar-refractivity contribution in [2.24, 2.45) is 0 Å². The second-order valence-electron chi connectivity index (χ2n) is 5.90. The van der Waals surface area contributed by atoms with Gasteiger partial charge in [-0.25, -0.2) is 14.3 Å². The second-order valence-corrected chi connectivity index (χ2v) is 5.90. The number of carboxylic acids is 1. The molecular formula is C12H17N5O4. The van der Waals surface area contributed by atoms with Gasteiger partial charge in [-0.3, -0.25) is 0 Å². The van der Waals surface area contributed by atoms with Gasteiger partial charge in [0.25, 0.3) is 0 Å². The first-order chi connectivity index (χ1) is 9.85. The molecule has 2 aliphatic rings. The second kappa shape index (κ2) is 4.69. The van der Waals surface area contributed by atoms with Crippen LogP contribution in [0, 0.1) is 0 Å². The number of amides is 2. The van der Waals surface area contributed by atoms with E-state index in [-0.39, 0.29) is 17.8 Å². The number of nitrogens with zero attached hydrogens (tertiary/aromatic N) is 5. The lowest BCUT2D eigenvalue weighted by Crippen LogP contribution is -2.55. The van der Waals surface area contributed by atoms with Crippen molar-refractivity contribution in [2.45, 2.75) is 25.0 Å². The molecule has 2 fully saturated rings. The summed E-state index contributed by atoms with van der Waals surface area (Å²) in [4.78, 5) is 26.2. The van der Waals surface area contributed by atoms with Crippen molar-refractivity contribution in [3.63, 3.8) is 0 Å². The molecule has 0 spiro atoms. The molecule has 0 saturated carbocycles. The maximum atomic E-state index is 12.2. The minimum Gasteiger partial charge on any atom is -0.476 e. The lowest BCUT2D eigenvalue weighted by atomic mass is 10.1. The molecule has 0 aromatic carbocycles. The number of hydrogen-bond donors (Lipinski definition) is 2. The summed E-state index contributed by atoms with van der Waals surface area (Å²) in [6.07, 6.45) is 1.95. The fourth-order valence-corrected chi connectivity index (χ4v) is 2.64. The molecule has 1 aromatic heterocycles. The van der Waals surface area contributed by atoms with Gasteiger partial charge in [-0.2, -0.15) is 0 Å². The Morgan fingerprint density at radius 3 is 2.62 bits per heavy atom. The van der Waals surface area contributed by atoms with Crippen LogP contribution in [-0.2, 0) is 0 Å². The summed E-state index contributed by atoms with van der Waals surface area (Å²) < 4.78 is 1.48. The Morgan fingerprint density at radius 1 is 1.38 bits per heavy atom. The lowest BCUT2D eigenvalue weighted by molar-refractivity contribution is 0.0597. The molecule has 0 radical (unpaired) electrons. The van der Waals surface area contributed by atoms with Crippen LogP contribution in [0.15, 0.2) is 6.20 Å². The molecule has 2 aliphatic heterocycles. The van der Waals surface area contributed by atoms with Crippen LogP contribution in [0.4, 0.5) is 4.79 Å². The highest BCUT2D eigenvalue weighted by Gasteiger charge is 2.40. The Balaban J connectivity index is 1.55. The smallest absolute Gasteiger partial charge is 0.358 e. The van der Waals surface area contributed by atoms with Gasteiger partial charge in [0.15, 0.2) is 5.69 Å². The maximum absolute atomic E-state index is 12.2. The van der Waals surface area contributed by atoms with Crippen LogP contribution < -0.4 is 0 Å². The lowest BCUT2D eigenvalue weighted by Gasteiger charge is -2.40. The molecule has 2 N–H and O–H groups in total. The van der Waals surface area contributed by atoms with Crippen molar-refractivity contribution in [1.82, 2.24) is 24.8 Å². The van der Waals surface area contributed by atoms with E-state index in [0.29, 0.717) is 32.6 Å². The SMILES string of the molecule is CC1(O)CCN(C(=O)N2CC(n3cc(C(=O)O)nn3)C2)C1. The van der Waals surface area contributed by atoms with E-state index in [9.17, 15) is 14.7 Å². The molecule has 2 saturated heterocycles. The maximum Gasteiger partial charge on any atom is 0.358 e. The van der Waals surface area contributed by atoms with Crippen molar-refractivity contribution in [2.75, 3.05) is 26.2 Å². The molecule has 0 bridgehead atoms. The monoisotopic (exact) mass is 295 g/mol. The number of carbonyl (C=O) groups is 2. The number of urea groups is 1. The van der Waals surface area contributed by atoms with Crippen LogP contribution >= 0.6 is 0 Å². The predicted molar refractivity (Wildman–Crippen MR) is 69.8 cm³/mol. The normalized spacial score (nSPS) is 26.0. The van der Waals surface area contributed by atoms with Gasteiger partial charge in [0, 0.05) is 19.6 Å². The molecule has 21 heavy (non-hydrogen) atoms. The number of carbonyl (C=O) groups excluding carboxylic acids is 1. The average Bonchev–Trinajstić information content (AvgIpc) is 2.94. The largest absolute Gasteiger partial charge is 0.476 e. The third kappa shape index (κ3) is 2.56. The van der Waals surface area contributed by atoms with E-state index in [1.165, 1.54) is 10.9 Å². The summed E-state index contributed by atoms with van der Waals surface area (Å²) in [5.74, 6) is -1.12. The Kier molecular flexibility index (Phi) is 3.08. The van der Waals surface area contributed by atoms with Gasteiger partial charge in [-0.1, -0.05) is 5.21 Å². The van der Waals surface area contributed by atoms with Gasteiger partial charge in [-0.15, -0.1) is 5.10 Å². The average molecular weight is 295 g/mol. The zero-order chi connectivity index (χ0) is 15.2. The molecule has 1 unspecified atom stereocenters. The first-order valence-electron chi connectivity index (χ1n) is 6.77. The van der Waals surface area contributed by atoms with Crippen LogP contribution in [-0.4, -0.2) is 78.8 Å². The molecule has 2 amide bonds. The van der Waals surface area contributed by atoms with Crippen LogP contribution in [0.5, 0.6) is 0 Å². The van der Waals surface area contributed by atoms with Crippen LogP contribution in [0.3, 0.4) is 0 Å². The number of carboxylic acid groups (broad SMARTS) is 1. The van der Waals surface area contributed by atoms with Gasteiger partial charge in [-0.05, 0) is 13.3 Å². The van der Waals surface area contributed by atoms with E-state index >= 15 is 0 Å². The van der Waals surface area contributed by atoms with Gasteiger partial charge in [0.1, 0.15) is 0 Å². The van der Waals surface area contributed by atoms with Crippen molar-refractivity contribution >= 4 is 12.0 Å². The molecule has 9 nitrogen and oxygen atoms in total. The summed E-state index contributed by atoms with van der Waals surface area (Å²) >= 11 is 0. The van der Waals surface area contributed by atoms with Crippen LogP contribution in [0.2, 0.25) is 0 Å². The molecule has 3 heterocycles. The highest BCUT2D eigenvalue weighted by atomic mass is 16.4. The van der Waals surface area contributed by atoms with Crippen molar-refractivity contribution < 1.29 is 19.8 Å². The molecular weight excluding hydrogens is 278 g/mol. The van der Waals surface area contributed by atoms with Crippen LogP contribution in [0.1, 0.15) is 29.9 Å². The fourth-order valence-electron chi connectivity index (χ4n) is 2.64. The highest BCUT2D eigenvalue weighted by molar-refractivity contribution is 5.84. The van der Waals surface area contributed by atoms with E-state index in [1.807, 2.05) is 0 Å². The van der Waals surface area contributed by atoms with Crippen LogP contribution in [0.25, 0.3) is 0 Å². The Hall–Kier alpha value is -2.16. The number of aliphatic hydroxyl groups is 1. The van der Waals surface area contributed by atoms with E-state index in [2.05, 4.69) is 10.3 Å². The number of β-amino-alcohol motifs (C(OH)–C–C–N with tert-alkyl or cyclic N) is 1. The summed E-state index contributed by atoms with van der Waals surface area (Å²) in [7, 11) is 0. The number of aromatic nitrogens is 3. The number of likely N-dealkylation sites (tertiary alicyclic amines) is 2. The van der Waals surface area contributed by atoms with Crippen molar-refractivity contribution in [1.29, 1.82) is 0 Å². The summed E-state index contributed by atoms with van der Waals surface area (Å²) in [5, 5.41) is 26.0. The number of rotatable bonds is 2. The topological polar surface area (TPSA) is 112 Å². The molecule has 114 valence electrons. The molecule has 1 atom stereocenters. The van der Waals surface area contributed by atoms with E-state index in [0.717, 1.165) is 0 Å².